The highest BCUT2D eigenvalue weighted by Crippen LogP contribution is 2.35. The molecule has 1 aliphatic rings. The fourth-order valence-corrected chi connectivity index (χ4v) is 3.16. The number of para-hydroxylation sites is 1. The van der Waals surface area contributed by atoms with Gasteiger partial charge in [-0.05, 0) is 19.4 Å². The zero-order valence-electron chi connectivity index (χ0n) is 12.5. The molecule has 22 heavy (non-hydrogen) atoms. The zero-order valence-corrected chi connectivity index (χ0v) is 13.3. The molecule has 0 aliphatic carbocycles. The number of rotatable bonds is 4. The second-order valence-corrected chi connectivity index (χ2v) is 6.26. The highest BCUT2D eigenvalue weighted by Gasteiger charge is 2.29. The molecule has 1 aromatic heterocycles. The number of fused-ring (bicyclic) bond motifs is 1. The summed E-state index contributed by atoms with van der Waals surface area (Å²) in [7, 11) is 0. The van der Waals surface area contributed by atoms with E-state index in [1.807, 2.05) is 38.1 Å². The molecule has 0 saturated carbocycles. The maximum atomic E-state index is 12.1. The third kappa shape index (κ3) is 3.04. The molecule has 2 N–H and O–H groups in total. The van der Waals surface area contributed by atoms with E-state index >= 15 is 0 Å². The van der Waals surface area contributed by atoms with Gasteiger partial charge >= 0.3 is 6.03 Å². The first kappa shape index (κ1) is 14.8. The molecule has 0 unspecified atom stereocenters. The molecule has 1 aliphatic heterocycles. The van der Waals surface area contributed by atoms with Crippen LogP contribution in [0.3, 0.4) is 0 Å². The Morgan fingerprint density at radius 2 is 2.27 bits per heavy atom. The molecule has 0 bridgehead atoms. The van der Waals surface area contributed by atoms with Crippen molar-refractivity contribution in [1.82, 2.24) is 15.5 Å². The third-order valence-corrected chi connectivity index (χ3v) is 4.67. The largest absolute Gasteiger partial charge is 0.493 e. The predicted molar refractivity (Wildman–Crippen MR) is 85.6 cm³/mol. The number of hydrogen-bond acceptors (Lipinski definition) is 5. The van der Waals surface area contributed by atoms with Gasteiger partial charge in [0.05, 0.1) is 6.61 Å². The number of benzene rings is 1. The van der Waals surface area contributed by atoms with Crippen LogP contribution in [-0.2, 0) is 6.42 Å². The normalized spacial score (nSPS) is 17.5. The monoisotopic (exact) mass is 318 g/mol. The second-order valence-electron chi connectivity index (χ2n) is 5.20. The Bertz CT molecular complexity index is 673. The number of ether oxygens (including phenoxy) is 1. The van der Waals surface area contributed by atoms with Gasteiger partial charge < -0.3 is 10.1 Å². The molecule has 6 nitrogen and oxygen atoms in total. The Balaban J connectivity index is 1.60. The van der Waals surface area contributed by atoms with Gasteiger partial charge in [0.2, 0.25) is 5.13 Å². The minimum absolute atomic E-state index is 0.0396. The van der Waals surface area contributed by atoms with E-state index in [1.165, 1.54) is 11.3 Å². The molecule has 3 rings (SSSR count). The fraction of sp³-hybridized carbons (Fsp3) is 0.400. The van der Waals surface area contributed by atoms with E-state index in [9.17, 15) is 4.79 Å². The minimum atomic E-state index is -0.268. The molecule has 0 radical (unpaired) electrons. The number of carbonyl (C=O) groups is 1. The first-order valence-corrected chi connectivity index (χ1v) is 8.10. The Hall–Kier alpha value is -2.15. The fourth-order valence-electron chi connectivity index (χ4n) is 2.49. The Morgan fingerprint density at radius 3 is 3.05 bits per heavy atom. The Kier molecular flexibility index (Phi) is 4.24. The van der Waals surface area contributed by atoms with Crippen LogP contribution in [0.25, 0.3) is 0 Å². The number of amides is 2. The van der Waals surface area contributed by atoms with Crippen molar-refractivity contribution in [2.24, 2.45) is 0 Å². The van der Waals surface area contributed by atoms with Crippen LogP contribution in [0.5, 0.6) is 5.75 Å². The number of aryl methyl sites for hydroxylation is 1. The summed E-state index contributed by atoms with van der Waals surface area (Å²) >= 11 is 1.39. The van der Waals surface area contributed by atoms with Crippen LogP contribution in [-0.4, -0.2) is 28.9 Å². The van der Waals surface area contributed by atoms with Crippen LogP contribution in [0, 0.1) is 0 Å². The molecule has 116 valence electrons. The number of nitrogens with zero attached hydrogens (tertiary/aromatic N) is 2. The van der Waals surface area contributed by atoms with Gasteiger partial charge in [0, 0.05) is 17.5 Å². The Labute approximate surface area is 132 Å². The van der Waals surface area contributed by atoms with E-state index in [0.717, 1.165) is 22.7 Å². The van der Waals surface area contributed by atoms with Crippen molar-refractivity contribution in [3.05, 3.63) is 34.8 Å². The van der Waals surface area contributed by atoms with Crippen molar-refractivity contribution in [2.75, 3.05) is 11.9 Å². The van der Waals surface area contributed by atoms with E-state index < -0.39 is 0 Å². The zero-order chi connectivity index (χ0) is 15.5. The molecule has 0 saturated heterocycles. The average molecular weight is 318 g/mol. The van der Waals surface area contributed by atoms with Crippen LogP contribution in [0.15, 0.2) is 24.3 Å². The van der Waals surface area contributed by atoms with Crippen molar-refractivity contribution in [1.29, 1.82) is 0 Å². The van der Waals surface area contributed by atoms with Crippen LogP contribution in [0.4, 0.5) is 9.93 Å². The molecule has 2 aromatic rings. The number of hydrogen-bond donors (Lipinski definition) is 2. The van der Waals surface area contributed by atoms with Crippen molar-refractivity contribution < 1.29 is 9.53 Å². The third-order valence-electron chi connectivity index (χ3n) is 3.69. The van der Waals surface area contributed by atoms with Crippen LogP contribution in [0.1, 0.15) is 30.3 Å². The van der Waals surface area contributed by atoms with Gasteiger partial charge in [0.25, 0.3) is 0 Å². The lowest BCUT2D eigenvalue weighted by molar-refractivity contribution is 0.244. The van der Waals surface area contributed by atoms with Crippen LogP contribution >= 0.6 is 11.3 Å². The molecule has 7 heteroatoms. The predicted octanol–water partition coefficient (Wildman–Crippen LogP) is 2.79. The summed E-state index contributed by atoms with van der Waals surface area (Å²) in [6, 6.07) is 7.63. The highest BCUT2D eigenvalue weighted by atomic mass is 32.1. The van der Waals surface area contributed by atoms with Crippen LogP contribution < -0.4 is 15.4 Å². The molecule has 0 spiro atoms. The topological polar surface area (TPSA) is 76.1 Å². The van der Waals surface area contributed by atoms with E-state index in [-0.39, 0.29) is 18.0 Å². The summed E-state index contributed by atoms with van der Waals surface area (Å²) in [5.41, 5.74) is 1.14. The lowest BCUT2D eigenvalue weighted by Gasteiger charge is -2.19. The number of carbonyl (C=O) groups excluding carboxylic acids is 1. The van der Waals surface area contributed by atoms with Gasteiger partial charge in [-0.25, -0.2) is 4.79 Å². The van der Waals surface area contributed by atoms with E-state index in [0.29, 0.717) is 11.7 Å². The van der Waals surface area contributed by atoms with Gasteiger partial charge in [-0.2, -0.15) is 0 Å². The summed E-state index contributed by atoms with van der Waals surface area (Å²) < 4.78 is 5.66. The van der Waals surface area contributed by atoms with Crippen LogP contribution in [0.2, 0.25) is 0 Å². The standard InChI is InChI=1S/C15H18N4O2S/c1-3-13-18-19-15(22-13)17-14(20)16-9(2)11-8-21-12-7-5-4-6-10(11)12/h4-7,9,11H,3,8H2,1-2H3,(H2,16,17,19,20)/t9-,11-/m0/s1. The summed E-state index contributed by atoms with van der Waals surface area (Å²) in [5, 5.41) is 15.0. The van der Waals surface area contributed by atoms with Crippen molar-refractivity contribution in [2.45, 2.75) is 32.2 Å². The molecular formula is C15H18N4O2S. The van der Waals surface area contributed by atoms with Gasteiger partial charge in [0.1, 0.15) is 10.8 Å². The molecule has 1 aromatic carbocycles. The quantitative estimate of drug-likeness (QED) is 0.909. The van der Waals surface area contributed by atoms with Gasteiger partial charge in [-0.15, -0.1) is 10.2 Å². The number of nitrogens with one attached hydrogen (secondary N) is 2. The second kappa shape index (κ2) is 6.31. The lowest BCUT2D eigenvalue weighted by Crippen LogP contribution is -2.40. The molecule has 2 atom stereocenters. The number of aromatic nitrogens is 2. The van der Waals surface area contributed by atoms with Gasteiger partial charge in [-0.1, -0.05) is 36.5 Å². The average Bonchev–Trinajstić information content (AvgIpc) is 3.13. The Morgan fingerprint density at radius 1 is 1.45 bits per heavy atom. The number of anilines is 1. The van der Waals surface area contributed by atoms with Gasteiger partial charge in [-0.3, -0.25) is 5.32 Å². The van der Waals surface area contributed by atoms with Crippen molar-refractivity contribution >= 4 is 22.5 Å². The smallest absolute Gasteiger partial charge is 0.321 e. The SMILES string of the molecule is CCc1nnc(NC(=O)N[C@@H](C)[C@@H]2COc3ccccc32)s1. The maximum absolute atomic E-state index is 12.1. The van der Waals surface area contributed by atoms with Crippen molar-refractivity contribution in [3.63, 3.8) is 0 Å². The summed E-state index contributed by atoms with van der Waals surface area (Å²) in [4.78, 5) is 12.1. The molecular weight excluding hydrogens is 300 g/mol. The molecule has 0 fully saturated rings. The number of urea groups is 1. The molecule has 2 heterocycles. The van der Waals surface area contributed by atoms with Gasteiger partial charge in [0.15, 0.2) is 0 Å². The first-order chi connectivity index (χ1) is 10.7. The van der Waals surface area contributed by atoms with E-state index in [2.05, 4.69) is 20.8 Å². The minimum Gasteiger partial charge on any atom is -0.493 e. The summed E-state index contributed by atoms with van der Waals surface area (Å²) in [6.45, 7) is 4.57. The van der Waals surface area contributed by atoms with Crippen molar-refractivity contribution in [3.8, 4) is 5.75 Å². The molecule has 2 amide bonds. The first-order valence-electron chi connectivity index (χ1n) is 7.29. The lowest BCUT2D eigenvalue weighted by atomic mass is 9.94. The summed E-state index contributed by atoms with van der Waals surface area (Å²) in [6.07, 6.45) is 0.813. The maximum Gasteiger partial charge on any atom is 0.321 e. The highest BCUT2D eigenvalue weighted by molar-refractivity contribution is 7.15. The van der Waals surface area contributed by atoms with E-state index in [4.69, 9.17) is 4.74 Å². The summed E-state index contributed by atoms with van der Waals surface area (Å²) in [5.74, 6) is 1.06. The van der Waals surface area contributed by atoms with E-state index in [1.54, 1.807) is 0 Å².